The summed E-state index contributed by atoms with van der Waals surface area (Å²) >= 11 is 6.25. The fraction of sp³-hybridized carbons (Fsp3) is 0.667. The van der Waals surface area contributed by atoms with Gasteiger partial charge in [-0.15, -0.1) is 0 Å². The number of aliphatic hydroxyl groups is 1. The van der Waals surface area contributed by atoms with E-state index >= 15 is 0 Å². The van der Waals surface area contributed by atoms with Gasteiger partial charge in [0.2, 0.25) is 5.95 Å². The highest BCUT2D eigenvalue weighted by molar-refractivity contribution is 6.30. The number of unbranched alkanes of at least 4 members (excludes halogenated alkanes) is 1. The van der Waals surface area contributed by atoms with E-state index in [1.54, 1.807) is 4.90 Å². The number of nitrogen functional groups attached to an aromatic ring is 1. The number of hydrogen-bond donors (Lipinski definition) is 2. The average molecular weight is 342 g/mol. The Morgan fingerprint density at radius 3 is 2.57 bits per heavy atom. The highest BCUT2D eigenvalue weighted by Gasteiger charge is 2.26. The van der Waals surface area contributed by atoms with Crippen molar-refractivity contribution >= 4 is 29.3 Å². The molecule has 1 amide bonds. The third kappa shape index (κ3) is 4.23. The molecule has 1 aromatic heterocycles. The number of anilines is 2. The smallest absolute Gasteiger partial charge is 0.251 e. The largest absolute Gasteiger partial charge is 0.384 e. The van der Waals surface area contributed by atoms with Crippen molar-refractivity contribution in [3.63, 3.8) is 0 Å². The average Bonchev–Trinajstić information content (AvgIpc) is 2.53. The predicted molar refractivity (Wildman–Crippen MR) is 90.5 cm³/mol. The Bertz CT molecular complexity index is 559. The molecule has 1 aromatic rings. The van der Waals surface area contributed by atoms with Crippen molar-refractivity contribution in [1.29, 1.82) is 0 Å². The first-order chi connectivity index (χ1) is 10.9. The van der Waals surface area contributed by atoms with Gasteiger partial charge in [0.1, 0.15) is 17.1 Å². The molecule has 23 heavy (non-hydrogen) atoms. The lowest BCUT2D eigenvalue weighted by Gasteiger charge is -2.36. The van der Waals surface area contributed by atoms with E-state index in [9.17, 15) is 9.90 Å². The summed E-state index contributed by atoms with van der Waals surface area (Å²) in [6.07, 6.45) is 1.89. The third-order valence-electron chi connectivity index (χ3n) is 3.98. The van der Waals surface area contributed by atoms with Gasteiger partial charge in [0, 0.05) is 31.7 Å². The Kier molecular flexibility index (Phi) is 6.01. The molecule has 3 N–H and O–H groups in total. The van der Waals surface area contributed by atoms with Gasteiger partial charge in [-0.3, -0.25) is 4.79 Å². The number of halogens is 1. The summed E-state index contributed by atoms with van der Waals surface area (Å²) in [5.41, 5.74) is 6.66. The van der Waals surface area contributed by atoms with E-state index in [4.69, 9.17) is 17.3 Å². The number of carbonyl (C=O) groups excluding carboxylic acids is 1. The minimum Gasteiger partial charge on any atom is -0.384 e. The highest BCUT2D eigenvalue weighted by atomic mass is 35.5. The predicted octanol–water partition coefficient (Wildman–Crippen LogP) is 1.08. The maximum Gasteiger partial charge on any atom is 0.251 e. The minimum atomic E-state index is -0.967. The molecule has 8 heteroatoms. The van der Waals surface area contributed by atoms with Crippen LogP contribution in [-0.4, -0.2) is 58.2 Å². The number of piperazine rings is 1. The molecule has 0 aromatic carbocycles. The molecule has 2 heterocycles. The molecular formula is C15H24ClN5O2. The van der Waals surface area contributed by atoms with Crippen molar-refractivity contribution in [3.05, 3.63) is 10.7 Å². The van der Waals surface area contributed by atoms with Gasteiger partial charge in [-0.05, 0) is 19.8 Å². The van der Waals surface area contributed by atoms with Crippen LogP contribution >= 0.6 is 11.6 Å². The Morgan fingerprint density at radius 1 is 1.35 bits per heavy atom. The van der Waals surface area contributed by atoms with Gasteiger partial charge in [0.05, 0.1) is 0 Å². The Labute approximate surface area is 141 Å². The summed E-state index contributed by atoms with van der Waals surface area (Å²) in [5, 5.41) is 9.82. The summed E-state index contributed by atoms with van der Waals surface area (Å²) in [6.45, 7) is 5.94. The zero-order valence-corrected chi connectivity index (χ0v) is 14.4. The third-order valence-corrected chi connectivity index (χ3v) is 4.29. The van der Waals surface area contributed by atoms with Gasteiger partial charge in [-0.25, -0.2) is 4.98 Å². The van der Waals surface area contributed by atoms with Crippen LogP contribution in [0.2, 0.25) is 5.15 Å². The van der Waals surface area contributed by atoms with Gasteiger partial charge in [0.15, 0.2) is 0 Å². The fourth-order valence-corrected chi connectivity index (χ4v) is 2.96. The zero-order valence-electron chi connectivity index (χ0n) is 13.6. The van der Waals surface area contributed by atoms with Crippen molar-refractivity contribution in [2.24, 2.45) is 0 Å². The molecule has 128 valence electrons. The Balaban J connectivity index is 2.15. The number of aliphatic hydroxyl groups excluding tert-OH is 1. The molecule has 1 saturated heterocycles. The molecule has 0 spiro atoms. The SMILES string of the molecule is CCCCc1c(Cl)nc(N)nc1N1CCN(C(=O)[C@H](C)O)CC1. The molecule has 0 bridgehead atoms. The lowest BCUT2D eigenvalue weighted by Crippen LogP contribution is -2.51. The van der Waals surface area contributed by atoms with Gasteiger partial charge >= 0.3 is 0 Å². The van der Waals surface area contributed by atoms with Crippen molar-refractivity contribution in [3.8, 4) is 0 Å². The van der Waals surface area contributed by atoms with E-state index in [0.29, 0.717) is 31.3 Å². The van der Waals surface area contributed by atoms with Crippen LogP contribution in [0.3, 0.4) is 0 Å². The molecule has 0 aliphatic carbocycles. The Morgan fingerprint density at radius 2 is 2.00 bits per heavy atom. The van der Waals surface area contributed by atoms with E-state index < -0.39 is 6.10 Å². The van der Waals surface area contributed by atoms with Crippen LogP contribution in [0.25, 0.3) is 0 Å². The standard InChI is InChI=1S/C15H24ClN5O2/c1-3-4-5-11-12(16)18-15(17)19-13(11)20-6-8-21(9-7-20)14(23)10(2)22/h10,22H,3-9H2,1-2H3,(H2,17,18,19)/t10-/m0/s1. The second-order valence-corrected chi connectivity index (χ2v) is 6.12. The molecule has 1 aliphatic rings. The number of aromatic nitrogens is 2. The first-order valence-electron chi connectivity index (χ1n) is 7.97. The van der Waals surface area contributed by atoms with Gasteiger partial charge < -0.3 is 20.6 Å². The van der Waals surface area contributed by atoms with Crippen LogP contribution in [0.4, 0.5) is 11.8 Å². The number of carbonyl (C=O) groups is 1. The van der Waals surface area contributed by atoms with Crippen LogP contribution in [0.1, 0.15) is 32.3 Å². The monoisotopic (exact) mass is 341 g/mol. The van der Waals surface area contributed by atoms with E-state index in [0.717, 1.165) is 30.6 Å². The van der Waals surface area contributed by atoms with E-state index in [2.05, 4.69) is 21.8 Å². The first-order valence-corrected chi connectivity index (χ1v) is 8.35. The summed E-state index contributed by atoms with van der Waals surface area (Å²) < 4.78 is 0. The second-order valence-electron chi connectivity index (χ2n) is 5.77. The van der Waals surface area contributed by atoms with E-state index in [-0.39, 0.29) is 11.9 Å². The molecule has 0 saturated carbocycles. The quantitative estimate of drug-likeness (QED) is 0.778. The Hall–Kier alpha value is -1.60. The van der Waals surface area contributed by atoms with Crippen molar-refractivity contribution in [2.75, 3.05) is 36.8 Å². The number of amides is 1. The number of rotatable bonds is 5. The lowest BCUT2D eigenvalue weighted by atomic mass is 10.1. The number of nitrogens with zero attached hydrogens (tertiary/aromatic N) is 4. The number of nitrogens with two attached hydrogens (primary N) is 1. The topological polar surface area (TPSA) is 95.6 Å². The minimum absolute atomic E-state index is 0.160. The maximum atomic E-state index is 11.8. The normalized spacial score (nSPS) is 16.5. The van der Waals surface area contributed by atoms with Crippen molar-refractivity contribution < 1.29 is 9.90 Å². The van der Waals surface area contributed by atoms with Crippen LogP contribution in [-0.2, 0) is 11.2 Å². The van der Waals surface area contributed by atoms with E-state index in [1.165, 1.54) is 6.92 Å². The molecule has 2 rings (SSSR count). The summed E-state index contributed by atoms with van der Waals surface area (Å²) in [7, 11) is 0. The lowest BCUT2D eigenvalue weighted by molar-refractivity contribution is -0.139. The van der Waals surface area contributed by atoms with Crippen LogP contribution in [0, 0.1) is 0 Å². The number of hydrogen-bond acceptors (Lipinski definition) is 6. The summed E-state index contributed by atoms with van der Waals surface area (Å²) in [4.78, 5) is 24.0. The zero-order chi connectivity index (χ0) is 17.0. The second kappa shape index (κ2) is 7.79. The van der Waals surface area contributed by atoms with Crippen molar-refractivity contribution in [2.45, 2.75) is 39.2 Å². The van der Waals surface area contributed by atoms with Gasteiger partial charge in [-0.2, -0.15) is 4.98 Å². The summed E-state index contributed by atoms with van der Waals surface area (Å²) in [5.74, 6) is 0.684. The highest BCUT2D eigenvalue weighted by Crippen LogP contribution is 2.28. The maximum absolute atomic E-state index is 11.8. The molecule has 0 unspecified atom stereocenters. The fourth-order valence-electron chi connectivity index (χ4n) is 2.69. The molecule has 1 atom stereocenters. The van der Waals surface area contributed by atoms with Gasteiger partial charge in [0.25, 0.3) is 5.91 Å². The molecule has 1 fully saturated rings. The molecule has 0 radical (unpaired) electrons. The van der Waals surface area contributed by atoms with Crippen LogP contribution in [0.5, 0.6) is 0 Å². The molecular weight excluding hydrogens is 318 g/mol. The van der Waals surface area contributed by atoms with Crippen LogP contribution < -0.4 is 10.6 Å². The molecule has 7 nitrogen and oxygen atoms in total. The first kappa shape index (κ1) is 17.7. The van der Waals surface area contributed by atoms with Crippen molar-refractivity contribution in [1.82, 2.24) is 14.9 Å². The molecule has 1 aliphatic heterocycles. The van der Waals surface area contributed by atoms with Crippen LogP contribution in [0.15, 0.2) is 0 Å². The van der Waals surface area contributed by atoms with Gasteiger partial charge in [-0.1, -0.05) is 24.9 Å². The van der Waals surface area contributed by atoms with E-state index in [1.807, 2.05) is 0 Å². The summed E-state index contributed by atoms with van der Waals surface area (Å²) in [6, 6.07) is 0.